The summed E-state index contributed by atoms with van der Waals surface area (Å²) in [7, 11) is 0. The number of esters is 1. The Morgan fingerprint density at radius 3 is 2.65 bits per heavy atom. The molecule has 0 aliphatic carbocycles. The predicted molar refractivity (Wildman–Crippen MR) is 64.6 cm³/mol. The van der Waals surface area contributed by atoms with E-state index in [-0.39, 0.29) is 28.8 Å². The summed E-state index contributed by atoms with van der Waals surface area (Å²) in [5.41, 5.74) is -0.897. The van der Waals surface area contributed by atoms with Crippen LogP contribution in [0.1, 0.15) is 33.3 Å². The fourth-order valence-electron chi connectivity index (χ4n) is 1.88. The van der Waals surface area contributed by atoms with Crippen LogP contribution in [0.15, 0.2) is 18.2 Å². The average Bonchev–Trinajstić information content (AvgIpc) is 2.75. The molecule has 0 saturated heterocycles. The number of benzene rings is 1. The zero-order chi connectivity index (χ0) is 14.9. The number of rotatable bonds is 3. The molecular weight excluding hydrogens is 275 g/mol. The van der Waals surface area contributed by atoms with Crippen LogP contribution in [0, 0.1) is 0 Å². The van der Waals surface area contributed by atoms with E-state index in [2.05, 4.69) is 4.98 Å². The van der Waals surface area contributed by atoms with Gasteiger partial charge in [0.05, 0.1) is 17.7 Å². The van der Waals surface area contributed by atoms with Gasteiger partial charge in [0.1, 0.15) is 5.69 Å². The number of halogens is 3. The number of aromatic nitrogens is 1. The Balaban J connectivity index is 2.64. The SMILES string of the molecule is CCOC(=O)c1[nH]c2ccc(C(F)(F)F)cc2c1C=O. The Kier molecular flexibility index (Phi) is 3.52. The van der Waals surface area contributed by atoms with Crippen LogP contribution < -0.4 is 0 Å². The maximum Gasteiger partial charge on any atom is 0.416 e. The van der Waals surface area contributed by atoms with Gasteiger partial charge < -0.3 is 9.72 Å². The number of hydrogen-bond donors (Lipinski definition) is 1. The first kappa shape index (κ1) is 14.1. The number of H-pyrrole nitrogens is 1. The molecule has 1 aromatic carbocycles. The lowest BCUT2D eigenvalue weighted by atomic mass is 10.1. The first-order valence-electron chi connectivity index (χ1n) is 5.73. The van der Waals surface area contributed by atoms with Crippen LogP contribution in [0.2, 0.25) is 0 Å². The van der Waals surface area contributed by atoms with Crippen LogP contribution in [0.4, 0.5) is 13.2 Å². The number of alkyl halides is 3. The standard InChI is InChI=1S/C13H10F3NO3/c1-2-20-12(19)11-9(6-18)8-5-7(13(14,15)16)3-4-10(8)17-11/h3-6,17H,2H2,1H3. The summed E-state index contributed by atoms with van der Waals surface area (Å²) in [6, 6.07) is 2.88. The van der Waals surface area contributed by atoms with Crippen LogP contribution in [-0.2, 0) is 10.9 Å². The van der Waals surface area contributed by atoms with Crippen molar-refractivity contribution >= 4 is 23.2 Å². The summed E-state index contributed by atoms with van der Waals surface area (Å²) in [5.74, 6) is -0.778. The number of fused-ring (bicyclic) bond motifs is 1. The van der Waals surface area contributed by atoms with Gasteiger partial charge >= 0.3 is 12.1 Å². The second-order valence-corrected chi connectivity index (χ2v) is 4.01. The van der Waals surface area contributed by atoms with E-state index in [1.165, 1.54) is 6.07 Å². The van der Waals surface area contributed by atoms with Gasteiger partial charge in [-0.25, -0.2) is 4.79 Å². The number of carbonyl (C=O) groups excluding carboxylic acids is 2. The van der Waals surface area contributed by atoms with Gasteiger partial charge in [-0.15, -0.1) is 0 Å². The van der Waals surface area contributed by atoms with Gasteiger partial charge in [-0.3, -0.25) is 4.79 Å². The Labute approximate surface area is 111 Å². The van der Waals surface area contributed by atoms with Crippen LogP contribution in [0.3, 0.4) is 0 Å². The topological polar surface area (TPSA) is 59.2 Å². The van der Waals surface area contributed by atoms with Crippen molar-refractivity contribution in [2.45, 2.75) is 13.1 Å². The average molecular weight is 285 g/mol. The van der Waals surface area contributed by atoms with Gasteiger partial charge in [0.25, 0.3) is 0 Å². The second kappa shape index (κ2) is 4.99. The lowest BCUT2D eigenvalue weighted by Crippen LogP contribution is -2.07. The molecule has 0 amide bonds. The lowest BCUT2D eigenvalue weighted by Gasteiger charge is -2.05. The molecule has 2 aromatic rings. The molecule has 106 valence electrons. The van der Waals surface area contributed by atoms with Crippen molar-refractivity contribution in [3.05, 3.63) is 35.0 Å². The van der Waals surface area contributed by atoms with Gasteiger partial charge in [-0.1, -0.05) is 0 Å². The molecular formula is C13H10F3NO3. The van der Waals surface area contributed by atoms with Crippen molar-refractivity contribution < 1.29 is 27.5 Å². The summed E-state index contributed by atoms with van der Waals surface area (Å²) >= 11 is 0. The summed E-state index contributed by atoms with van der Waals surface area (Å²) in [5, 5.41) is 0.0397. The molecule has 0 bridgehead atoms. The Bertz CT molecular complexity index is 673. The normalized spacial score (nSPS) is 11.6. The van der Waals surface area contributed by atoms with Gasteiger partial charge in [-0.2, -0.15) is 13.2 Å². The van der Waals surface area contributed by atoms with Crippen LogP contribution >= 0.6 is 0 Å². The molecule has 0 unspecified atom stereocenters. The molecule has 1 N–H and O–H groups in total. The number of aromatic amines is 1. The molecule has 20 heavy (non-hydrogen) atoms. The van der Waals surface area contributed by atoms with Gasteiger partial charge in [-0.05, 0) is 25.1 Å². The molecule has 0 radical (unpaired) electrons. The molecule has 0 aliphatic rings. The summed E-state index contributed by atoms with van der Waals surface area (Å²) in [4.78, 5) is 25.3. The molecule has 7 heteroatoms. The fourth-order valence-corrected chi connectivity index (χ4v) is 1.88. The highest BCUT2D eigenvalue weighted by Crippen LogP contribution is 2.32. The quantitative estimate of drug-likeness (QED) is 0.696. The Morgan fingerprint density at radius 1 is 1.40 bits per heavy atom. The molecule has 1 aromatic heterocycles. The minimum Gasteiger partial charge on any atom is -0.461 e. The van der Waals surface area contributed by atoms with Crippen molar-refractivity contribution in [2.75, 3.05) is 6.61 Å². The number of aldehydes is 1. The van der Waals surface area contributed by atoms with Crippen LogP contribution in [0.25, 0.3) is 10.9 Å². The number of ether oxygens (including phenoxy) is 1. The maximum atomic E-state index is 12.6. The minimum absolute atomic E-state index is 0.0397. The van der Waals surface area contributed by atoms with Crippen molar-refractivity contribution in [2.24, 2.45) is 0 Å². The van der Waals surface area contributed by atoms with E-state index in [0.29, 0.717) is 6.29 Å². The van der Waals surface area contributed by atoms with E-state index in [1.807, 2.05) is 0 Å². The maximum absolute atomic E-state index is 12.6. The van der Waals surface area contributed by atoms with Gasteiger partial charge in [0.15, 0.2) is 6.29 Å². The van der Waals surface area contributed by atoms with Gasteiger partial charge in [0.2, 0.25) is 0 Å². The van der Waals surface area contributed by atoms with E-state index in [4.69, 9.17) is 4.74 Å². The van der Waals surface area contributed by atoms with E-state index >= 15 is 0 Å². The van der Waals surface area contributed by atoms with E-state index in [1.54, 1.807) is 6.92 Å². The third kappa shape index (κ3) is 2.38. The van der Waals surface area contributed by atoms with Crippen LogP contribution in [-0.4, -0.2) is 23.8 Å². The predicted octanol–water partition coefficient (Wildman–Crippen LogP) is 3.18. The number of carbonyl (C=O) groups is 2. The molecule has 0 aliphatic heterocycles. The third-order valence-electron chi connectivity index (χ3n) is 2.76. The zero-order valence-electron chi connectivity index (χ0n) is 10.4. The largest absolute Gasteiger partial charge is 0.461 e. The summed E-state index contributed by atoms with van der Waals surface area (Å²) in [6.45, 7) is 1.68. The van der Waals surface area contributed by atoms with E-state index in [0.717, 1.165) is 12.1 Å². The van der Waals surface area contributed by atoms with E-state index < -0.39 is 17.7 Å². The molecule has 0 atom stereocenters. The fraction of sp³-hybridized carbons (Fsp3) is 0.231. The van der Waals surface area contributed by atoms with Crippen molar-refractivity contribution in [1.82, 2.24) is 4.98 Å². The first-order chi connectivity index (χ1) is 9.38. The summed E-state index contributed by atoms with van der Waals surface area (Å²) in [6.07, 6.45) is -4.18. The molecule has 1 heterocycles. The van der Waals surface area contributed by atoms with Crippen molar-refractivity contribution in [1.29, 1.82) is 0 Å². The zero-order valence-corrected chi connectivity index (χ0v) is 10.4. The number of nitrogens with one attached hydrogen (secondary N) is 1. The lowest BCUT2D eigenvalue weighted by molar-refractivity contribution is -0.137. The second-order valence-electron chi connectivity index (χ2n) is 4.01. The molecule has 0 fully saturated rings. The smallest absolute Gasteiger partial charge is 0.416 e. The molecule has 4 nitrogen and oxygen atoms in total. The van der Waals surface area contributed by atoms with Gasteiger partial charge in [0, 0.05) is 10.9 Å². The highest BCUT2D eigenvalue weighted by Gasteiger charge is 2.31. The first-order valence-corrected chi connectivity index (χ1v) is 5.73. The van der Waals surface area contributed by atoms with Crippen molar-refractivity contribution in [3.63, 3.8) is 0 Å². The monoisotopic (exact) mass is 285 g/mol. The molecule has 0 saturated carbocycles. The Morgan fingerprint density at radius 2 is 2.10 bits per heavy atom. The van der Waals surface area contributed by atoms with Crippen LogP contribution in [0.5, 0.6) is 0 Å². The highest BCUT2D eigenvalue weighted by molar-refractivity contribution is 6.08. The van der Waals surface area contributed by atoms with Crippen molar-refractivity contribution in [3.8, 4) is 0 Å². The molecule has 0 spiro atoms. The number of hydrogen-bond acceptors (Lipinski definition) is 3. The summed E-state index contributed by atoms with van der Waals surface area (Å²) < 4.78 is 42.7. The highest BCUT2D eigenvalue weighted by atomic mass is 19.4. The third-order valence-corrected chi connectivity index (χ3v) is 2.76. The Hall–Kier alpha value is -2.31. The molecule has 2 rings (SSSR count). The van der Waals surface area contributed by atoms with E-state index in [9.17, 15) is 22.8 Å². The minimum atomic E-state index is -4.52.